The number of nitrogens with zero attached hydrogens (tertiary/aromatic N) is 3. The number of allylic oxidation sites excluding steroid dienone is 1. The third-order valence-electron chi connectivity index (χ3n) is 3.69. The molecule has 0 saturated carbocycles. The minimum absolute atomic E-state index is 0.175. The Labute approximate surface area is 149 Å². The molecule has 0 atom stereocenters. The molecule has 8 heteroatoms. The number of aryl methyl sites for hydroxylation is 1. The summed E-state index contributed by atoms with van der Waals surface area (Å²) in [6.45, 7) is 6.22. The van der Waals surface area contributed by atoms with E-state index in [0.29, 0.717) is 33.9 Å². The van der Waals surface area contributed by atoms with Gasteiger partial charge in [0.2, 0.25) is 11.1 Å². The number of anilines is 2. The van der Waals surface area contributed by atoms with Crippen LogP contribution in [0.2, 0.25) is 5.02 Å². The van der Waals surface area contributed by atoms with Gasteiger partial charge in [-0.2, -0.15) is 4.98 Å². The first-order valence-electron chi connectivity index (χ1n) is 7.60. The van der Waals surface area contributed by atoms with Crippen molar-refractivity contribution >= 4 is 40.9 Å². The van der Waals surface area contributed by atoms with E-state index in [1.54, 1.807) is 22.5 Å². The van der Waals surface area contributed by atoms with E-state index in [2.05, 4.69) is 20.7 Å². The van der Waals surface area contributed by atoms with Gasteiger partial charge in [0.25, 0.3) is 5.91 Å². The summed E-state index contributed by atoms with van der Waals surface area (Å²) in [6.07, 6.45) is 0. The highest BCUT2D eigenvalue weighted by molar-refractivity contribution is 7.99. The monoisotopic (exact) mass is 363 g/mol. The van der Waals surface area contributed by atoms with E-state index in [1.807, 2.05) is 32.9 Å². The van der Waals surface area contributed by atoms with Crippen LogP contribution in [-0.4, -0.2) is 26.4 Å². The predicted molar refractivity (Wildman–Crippen MR) is 97.6 cm³/mol. The second-order valence-corrected chi connectivity index (χ2v) is 7.09. The second-order valence-electron chi connectivity index (χ2n) is 5.46. The summed E-state index contributed by atoms with van der Waals surface area (Å²) in [6, 6.07) is 5.46. The highest BCUT2D eigenvalue weighted by atomic mass is 35.5. The Morgan fingerprint density at radius 1 is 1.46 bits per heavy atom. The Morgan fingerprint density at radius 3 is 2.96 bits per heavy atom. The highest BCUT2D eigenvalue weighted by Crippen LogP contribution is 2.25. The molecule has 1 aromatic carbocycles. The molecule has 24 heavy (non-hydrogen) atoms. The Kier molecular flexibility index (Phi) is 4.82. The van der Waals surface area contributed by atoms with E-state index in [9.17, 15) is 4.79 Å². The molecular formula is C16H18ClN5OS. The van der Waals surface area contributed by atoms with Crippen molar-refractivity contribution in [3.05, 3.63) is 40.1 Å². The number of fused-ring (bicyclic) bond motifs is 1. The molecule has 1 aliphatic rings. The molecule has 0 saturated heterocycles. The first-order valence-corrected chi connectivity index (χ1v) is 8.96. The van der Waals surface area contributed by atoms with E-state index in [0.717, 1.165) is 17.0 Å². The number of hydrogen-bond acceptors (Lipinski definition) is 5. The number of hydrogen-bond donors (Lipinski definition) is 2. The fourth-order valence-corrected chi connectivity index (χ4v) is 3.09. The number of aromatic nitrogens is 3. The molecule has 1 aliphatic heterocycles. The summed E-state index contributed by atoms with van der Waals surface area (Å²) < 4.78 is 1.71. The first-order chi connectivity index (χ1) is 11.5. The Morgan fingerprint density at radius 2 is 2.25 bits per heavy atom. The quantitative estimate of drug-likeness (QED) is 0.810. The van der Waals surface area contributed by atoms with Gasteiger partial charge < -0.3 is 10.6 Å². The minimum Gasteiger partial charge on any atom is -0.328 e. The summed E-state index contributed by atoms with van der Waals surface area (Å²) in [4.78, 5) is 17.0. The molecule has 2 aromatic rings. The maximum absolute atomic E-state index is 12.6. The summed E-state index contributed by atoms with van der Waals surface area (Å²) in [7, 11) is 0. The molecule has 2 N–H and O–H groups in total. The van der Waals surface area contributed by atoms with Crippen molar-refractivity contribution in [3.8, 4) is 0 Å². The summed E-state index contributed by atoms with van der Waals surface area (Å²) in [5, 5.41) is 11.8. The fourth-order valence-electron chi connectivity index (χ4n) is 2.35. The van der Waals surface area contributed by atoms with Crippen LogP contribution >= 0.6 is 23.4 Å². The molecule has 2 heterocycles. The number of rotatable bonds is 4. The van der Waals surface area contributed by atoms with Gasteiger partial charge in [-0.3, -0.25) is 4.79 Å². The fraction of sp³-hybridized carbons (Fsp3) is 0.312. The predicted octanol–water partition coefficient (Wildman–Crippen LogP) is 3.69. The minimum atomic E-state index is -0.175. The van der Waals surface area contributed by atoms with Gasteiger partial charge >= 0.3 is 0 Å². The van der Waals surface area contributed by atoms with Crippen LogP contribution in [0.1, 0.15) is 19.4 Å². The number of amides is 1. The maximum Gasteiger partial charge on any atom is 0.255 e. The van der Waals surface area contributed by atoms with E-state index in [1.165, 1.54) is 0 Å². The largest absolute Gasteiger partial charge is 0.328 e. The lowest BCUT2D eigenvalue weighted by molar-refractivity contribution is -0.113. The van der Waals surface area contributed by atoms with Crippen LogP contribution in [0.15, 0.2) is 34.6 Å². The van der Waals surface area contributed by atoms with Crippen LogP contribution in [0, 0.1) is 6.92 Å². The number of halogens is 1. The molecular weight excluding hydrogens is 346 g/mol. The SMILES string of the molecule is CCSc1nc2n(n1)CC(C(=O)Nc1ccc(C)c(Cl)c1)=C(C)N2. The van der Waals surface area contributed by atoms with Crippen LogP contribution < -0.4 is 10.6 Å². The van der Waals surface area contributed by atoms with Gasteiger partial charge in [0.15, 0.2) is 0 Å². The topological polar surface area (TPSA) is 71.8 Å². The average molecular weight is 364 g/mol. The van der Waals surface area contributed by atoms with Crippen molar-refractivity contribution in [2.75, 3.05) is 16.4 Å². The Hall–Kier alpha value is -1.99. The van der Waals surface area contributed by atoms with Gasteiger partial charge in [0, 0.05) is 16.4 Å². The zero-order valence-corrected chi connectivity index (χ0v) is 15.3. The van der Waals surface area contributed by atoms with Crippen LogP contribution in [0.25, 0.3) is 0 Å². The van der Waals surface area contributed by atoms with Gasteiger partial charge in [0.1, 0.15) is 0 Å². The van der Waals surface area contributed by atoms with E-state index in [-0.39, 0.29) is 5.91 Å². The highest BCUT2D eigenvalue weighted by Gasteiger charge is 2.23. The third kappa shape index (κ3) is 3.42. The van der Waals surface area contributed by atoms with E-state index in [4.69, 9.17) is 11.6 Å². The lowest BCUT2D eigenvalue weighted by Gasteiger charge is -2.19. The van der Waals surface area contributed by atoms with Crippen LogP contribution in [0.3, 0.4) is 0 Å². The van der Waals surface area contributed by atoms with Crippen molar-refractivity contribution in [1.29, 1.82) is 0 Å². The number of thioether (sulfide) groups is 1. The normalized spacial score (nSPS) is 13.5. The van der Waals surface area contributed by atoms with Gasteiger partial charge in [-0.15, -0.1) is 5.10 Å². The van der Waals surface area contributed by atoms with Gasteiger partial charge in [0.05, 0.1) is 12.1 Å². The van der Waals surface area contributed by atoms with Gasteiger partial charge in [-0.1, -0.05) is 36.4 Å². The second kappa shape index (κ2) is 6.86. The summed E-state index contributed by atoms with van der Waals surface area (Å²) in [5.74, 6) is 1.39. The Balaban J connectivity index is 1.77. The lowest BCUT2D eigenvalue weighted by atomic mass is 10.1. The third-order valence-corrected chi connectivity index (χ3v) is 4.82. The number of nitrogens with one attached hydrogen (secondary N) is 2. The number of benzene rings is 1. The van der Waals surface area contributed by atoms with Gasteiger partial charge in [-0.25, -0.2) is 4.68 Å². The molecule has 0 bridgehead atoms. The molecule has 0 radical (unpaired) electrons. The van der Waals surface area contributed by atoms with Crippen molar-refractivity contribution in [2.45, 2.75) is 32.5 Å². The van der Waals surface area contributed by atoms with Crippen LogP contribution in [-0.2, 0) is 11.3 Å². The van der Waals surface area contributed by atoms with Crippen molar-refractivity contribution < 1.29 is 4.79 Å². The average Bonchev–Trinajstić information content (AvgIpc) is 2.91. The zero-order chi connectivity index (χ0) is 17.3. The molecule has 3 rings (SSSR count). The van der Waals surface area contributed by atoms with Crippen molar-refractivity contribution in [3.63, 3.8) is 0 Å². The molecule has 0 unspecified atom stereocenters. The number of carbonyl (C=O) groups excluding carboxylic acids is 1. The van der Waals surface area contributed by atoms with Crippen LogP contribution in [0.5, 0.6) is 0 Å². The zero-order valence-electron chi connectivity index (χ0n) is 13.7. The Bertz CT molecular complexity index is 830. The molecule has 0 fully saturated rings. The smallest absolute Gasteiger partial charge is 0.255 e. The molecule has 6 nitrogen and oxygen atoms in total. The van der Waals surface area contributed by atoms with Crippen molar-refractivity contribution in [1.82, 2.24) is 14.8 Å². The van der Waals surface area contributed by atoms with Crippen molar-refractivity contribution in [2.24, 2.45) is 0 Å². The van der Waals surface area contributed by atoms with Gasteiger partial charge in [-0.05, 0) is 37.3 Å². The summed E-state index contributed by atoms with van der Waals surface area (Å²) in [5.41, 5.74) is 3.04. The maximum atomic E-state index is 12.6. The first kappa shape index (κ1) is 16.9. The summed E-state index contributed by atoms with van der Waals surface area (Å²) >= 11 is 7.68. The van der Waals surface area contributed by atoms with E-state index < -0.39 is 0 Å². The standard InChI is InChI=1S/C16H18ClN5OS/c1-4-24-16-20-15-18-10(3)12(8-22(15)21-16)14(23)19-11-6-5-9(2)13(17)7-11/h5-7H,4,8H2,1-3H3,(H,19,23)(H,18,20,21). The molecule has 0 spiro atoms. The molecule has 1 aromatic heterocycles. The number of carbonyl (C=O) groups is 1. The van der Waals surface area contributed by atoms with Crippen LogP contribution in [0.4, 0.5) is 11.6 Å². The molecule has 1 amide bonds. The molecule has 126 valence electrons. The lowest BCUT2D eigenvalue weighted by Crippen LogP contribution is -2.26. The molecule has 0 aliphatic carbocycles. The van der Waals surface area contributed by atoms with E-state index >= 15 is 0 Å².